The Morgan fingerprint density at radius 3 is 2.56 bits per heavy atom. The zero-order chi connectivity index (χ0) is 18.0. The van der Waals surface area contributed by atoms with Crippen LogP contribution in [-0.2, 0) is 6.61 Å². The molecule has 0 saturated carbocycles. The third-order valence-corrected chi connectivity index (χ3v) is 4.62. The summed E-state index contributed by atoms with van der Waals surface area (Å²) in [6.07, 6.45) is 0. The molecule has 0 fully saturated rings. The van der Waals surface area contributed by atoms with E-state index in [1.54, 1.807) is 48.5 Å². The maximum absolute atomic E-state index is 12.4. The first-order chi connectivity index (χ1) is 12.0. The van der Waals surface area contributed by atoms with Gasteiger partial charge in [-0.1, -0.05) is 39.1 Å². The monoisotopic (exact) mass is 439 g/mol. The van der Waals surface area contributed by atoms with Gasteiger partial charge in [0.15, 0.2) is 0 Å². The van der Waals surface area contributed by atoms with Gasteiger partial charge in [-0.05, 0) is 48.5 Å². The number of hydrogen-bond donors (Lipinski definition) is 2. The van der Waals surface area contributed by atoms with E-state index in [2.05, 4.69) is 21.2 Å². The second kappa shape index (κ2) is 7.62. The van der Waals surface area contributed by atoms with E-state index in [9.17, 15) is 4.79 Å². The summed E-state index contributed by atoms with van der Waals surface area (Å²) >= 11 is 15.7. The number of hydrogen-bond acceptors (Lipinski definition) is 3. The van der Waals surface area contributed by atoms with Crippen molar-refractivity contribution in [3.63, 3.8) is 0 Å². The molecule has 0 spiro atoms. The number of benzene rings is 2. The van der Waals surface area contributed by atoms with Crippen LogP contribution in [0, 0.1) is 0 Å². The van der Waals surface area contributed by atoms with Crippen molar-refractivity contribution in [3.05, 3.63) is 74.4 Å². The first-order valence-electron chi connectivity index (χ1n) is 7.24. The Balaban J connectivity index is 1.83. The standard InChI is InChI=1S/C18H12BrCl2NO3/c19-10-1-5-15(20)14(7-10)18(24)22-11-2-4-13(16(21)8-11)17-6-3-12(9-23)25-17/h1-8,23H,9H2,(H,22,24). The fourth-order valence-electron chi connectivity index (χ4n) is 2.27. The summed E-state index contributed by atoms with van der Waals surface area (Å²) in [5.74, 6) is 0.658. The Labute approximate surface area is 162 Å². The zero-order valence-corrected chi connectivity index (χ0v) is 15.8. The highest BCUT2D eigenvalue weighted by Gasteiger charge is 2.13. The van der Waals surface area contributed by atoms with Gasteiger partial charge in [0, 0.05) is 15.7 Å². The second-order valence-electron chi connectivity index (χ2n) is 5.20. The molecule has 2 N–H and O–H groups in total. The number of aliphatic hydroxyl groups is 1. The lowest BCUT2D eigenvalue weighted by atomic mass is 10.1. The van der Waals surface area contributed by atoms with Gasteiger partial charge >= 0.3 is 0 Å². The van der Waals surface area contributed by atoms with Crippen LogP contribution in [0.15, 0.2) is 57.4 Å². The normalized spacial score (nSPS) is 10.7. The van der Waals surface area contributed by atoms with Crippen molar-refractivity contribution >= 4 is 50.7 Å². The van der Waals surface area contributed by atoms with E-state index in [0.717, 1.165) is 4.47 Å². The molecule has 0 bridgehead atoms. The summed E-state index contributed by atoms with van der Waals surface area (Å²) in [6, 6.07) is 13.5. The van der Waals surface area contributed by atoms with Crippen LogP contribution in [0.1, 0.15) is 16.1 Å². The van der Waals surface area contributed by atoms with E-state index in [-0.39, 0.29) is 12.5 Å². The fraction of sp³-hybridized carbons (Fsp3) is 0.0556. The van der Waals surface area contributed by atoms with Gasteiger partial charge in [0.1, 0.15) is 18.1 Å². The van der Waals surface area contributed by atoms with Gasteiger partial charge in [0.25, 0.3) is 5.91 Å². The third kappa shape index (κ3) is 4.07. The van der Waals surface area contributed by atoms with Crippen molar-refractivity contribution in [3.8, 4) is 11.3 Å². The predicted octanol–water partition coefficient (Wildman–Crippen LogP) is 5.76. The minimum atomic E-state index is -0.337. The topological polar surface area (TPSA) is 62.5 Å². The molecule has 7 heteroatoms. The molecule has 1 amide bonds. The van der Waals surface area contributed by atoms with Crippen LogP contribution in [0.4, 0.5) is 5.69 Å². The lowest BCUT2D eigenvalue weighted by Gasteiger charge is -2.09. The molecule has 128 valence electrons. The second-order valence-corrected chi connectivity index (χ2v) is 6.93. The molecule has 0 radical (unpaired) electrons. The highest BCUT2D eigenvalue weighted by molar-refractivity contribution is 9.10. The number of nitrogens with one attached hydrogen (secondary N) is 1. The molecule has 2 aromatic carbocycles. The maximum Gasteiger partial charge on any atom is 0.257 e. The minimum absolute atomic E-state index is 0.181. The minimum Gasteiger partial charge on any atom is -0.459 e. The van der Waals surface area contributed by atoms with Crippen molar-refractivity contribution in [2.45, 2.75) is 6.61 Å². The molecule has 0 atom stereocenters. The number of amides is 1. The van der Waals surface area contributed by atoms with Gasteiger partial charge in [-0.2, -0.15) is 0 Å². The van der Waals surface area contributed by atoms with E-state index in [4.69, 9.17) is 32.7 Å². The van der Waals surface area contributed by atoms with Crippen molar-refractivity contribution < 1.29 is 14.3 Å². The highest BCUT2D eigenvalue weighted by atomic mass is 79.9. The van der Waals surface area contributed by atoms with Gasteiger partial charge in [0.05, 0.1) is 15.6 Å². The predicted molar refractivity (Wildman–Crippen MR) is 102 cm³/mol. The lowest BCUT2D eigenvalue weighted by Crippen LogP contribution is -2.12. The number of halogens is 3. The van der Waals surface area contributed by atoms with Gasteiger partial charge in [0.2, 0.25) is 0 Å². The van der Waals surface area contributed by atoms with Crippen molar-refractivity contribution in [2.24, 2.45) is 0 Å². The van der Waals surface area contributed by atoms with Crippen LogP contribution in [0.5, 0.6) is 0 Å². The van der Waals surface area contributed by atoms with E-state index in [1.165, 1.54) is 0 Å². The van der Waals surface area contributed by atoms with Gasteiger partial charge in [-0.15, -0.1) is 0 Å². The molecule has 4 nitrogen and oxygen atoms in total. The molecule has 0 saturated heterocycles. The molecular formula is C18H12BrCl2NO3. The molecule has 3 aromatic rings. The molecule has 0 aliphatic carbocycles. The number of anilines is 1. The number of carbonyl (C=O) groups excluding carboxylic acids is 1. The van der Waals surface area contributed by atoms with Crippen LogP contribution in [0.2, 0.25) is 10.0 Å². The van der Waals surface area contributed by atoms with E-state index < -0.39 is 0 Å². The quantitative estimate of drug-likeness (QED) is 0.542. The first-order valence-corrected chi connectivity index (χ1v) is 8.78. The van der Waals surface area contributed by atoms with Gasteiger partial charge < -0.3 is 14.8 Å². The molecule has 0 aliphatic rings. The Morgan fingerprint density at radius 1 is 1.08 bits per heavy atom. The summed E-state index contributed by atoms with van der Waals surface area (Å²) in [5, 5.41) is 12.6. The zero-order valence-electron chi connectivity index (χ0n) is 12.7. The average Bonchev–Trinajstić information content (AvgIpc) is 3.06. The number of rotatable bonds is 4. The summed E-state index contributed by atoms with van der Waals surface area (Å²) in [7, 11) is 0. The van der Waals surface area contributed by atoms with E-state index >= 15 is 0 Å². The SMILES string of the molecule is O=C(Nc1ccc(-c2ccc(CO)o2)c(Cl)c1)c1cc(Br)ccc1Cl. The molecule has 1 aromatic heterocycles. The van der Waals surface area contributed by atoms with Crippen LogP contribution < -0.4 is 5.32 Å². The highest BCUT2D eigenvalue weighted by Crippen LogP contribution is 2.32. The summed E-state index contributed by atoms with van der Waals surface area (Å²) in [5.41, 5.74) is 1.55. The Kier molecular flexibility index (Phi) is 5.49. The molecule has 1 heterocycles. The summed E-state index contributed by atoms with van der Waals surface area (Å²) in [4.78, 5) is 12.4. The average molecular weight is 441 g/mol. The fourth-order valence-corrected chi connectivity index (χ4v) is 3.11. The van der Waals surface area contributed by atoms with Crippen LogP contribution >= 0.6 is 39.1 Å². The van der Waals surface area contributed by atoms with Gasteiger partial charge in [-0.3, -0.25) is 4.79 Å². The van der Waals surface area contributed by atoms with Crippen molar-refractivity contribution in [1.82, 2.24) is 0 Å². The van der Waals surface area contributed by atoms with Gasteiger partial charge in [-0.25, -0.2) is 0 Å². The third-order valence-electron chi connectivity index (χ3n) is 3.48. The van der Waals surface area contributed by atoms with Crippen LogP contribution in [-0.4, -0.2) is 11.0 Å². The Bertz CT molecular complexity index is 940. The Morgan fingerprint density at radius 2 is 1.88 bits per heavy atom. The first kappa shape index (κ1) is 18.0. The molecule has 25 heavy (non-hydrogen) atoms. The number of furan rings is 1. The molecular weight excluding hydrogens is 429 g/mol. The molecule has 3 rings (SSSR count). The van der Waals surface area contributed by atoms with Crippen molar-refractivity contribution in [1.29, 1.82) is 0 Å². The van der Waals surface area contributed by atoms with Crippen LogP contribution in [0.25, 0.3) is 11.3 Å². The number of carbonyl (C=O) groups is 1. The Hall–Kier alpha value is -1.79. The number of aliphatic hydroxyl groups excluding tert-OH is 1. The van der Waals surface area contributed by atoms with E-state index in [1.807, 2.05) is 0 Å². The largest absolute Gasteiger partial charge is 0.459 e. The lowest BCUT2D eigenvalue weighted by molar-refractivity contribution is 0.102. The van der Waals surface area contributed by atoms with Crippen LogP contribution in [0.3, 0.4) is 0 Å². The summed E-state index contributed by atoms with van der Waals surface area (Å²) in [6.45, 7) is -0.181. The van der Waals surface area contributed by atoms with Crippen molar-refractivity contribution in [2.75, 3.05) is 5.32 Å². The summed E-state index contributed by atoms with van der Waals surface area (Å²) < 4.78 is 6.23. The molecule has 0 unspecified atom stereocenters. The van der Waals surface area contributed by atoms with E-state index in [0.29, 0.717) is 38.4 Å². The molecule has 0 aliphatic heterocycles. The maximum atomic E-state index is 12.4. The smallest absolute Gasteiger partial charge is 0.257 e.